The summed E-state index contributed by atoms with van der Waals surface area (Å²) in [6.07, 6.45) is 3.81. The monoisotopic (exact) mass is 391 g/mol. The molecule has 3 aliphatic rings. The lowest BCUT2D eigenvalue weighted by Crippen LogP contribution is -2.40. The van der Waals surface area contributed by atoms with E-state index in [1.54, 1.807) is 0 Å². The van der Waals surface area contributed by atoms with Crippen molar-refractivity contribution in [3.05, 3.63) is 84.1 Å². The minimum atomic E-state index is -0.672. The maximum atomic E-state index is 13.6. The highest BCUT2D eigenvalue weighted by molar-refractivity contribution is 6.23. The SMILES string of the molecule is N#C[C@@H]1[C@@H]2C(=O)N(c3ccc4ccccc4c3)C(=O)[C@@H]2[C@H]2c3ccccc3C=CN12. The van der Waals surface area contributed by atoms with Gasteiger partial charge in [-0.25, -0.2) is 4.90 Å². The molecule has 0 radical (unpaired) electrons. The fraction of sp³-hybridized carbons (Fsp3) is 0.160. The van der Waals surface area contributed by atoms with Crippen LogP contribution in [0.15, 0.2) is 72.9 Å². The molecule has 2 saturated heterocycles. The molecule has 0 aromatic heterocycles. The van der Waals surface area contributed by atoms with Gasteiger partial charge >= 0.3 is 0 Å². The highest BCUT2D eigenvalue weighted by Gasteiger charge is 2.63. The molecule has 30 heavy (non-hydrogen) atoms. The van der Waals surface area contributed by atoms with Gasteiger partial charge in [0.25, 0.3) is 0 Å². The van der Waals surface area contributed by atoms with Crippen molar-refractivity contribution in [2.75, 3.05) is 4.90 Å². The summed E-state index contributed by atoms with van der Waals surface area (Å²) in [4.78, 5) is 30.3. The summed E-state index contributed by atoms with van der Waals surface area (Å²) in [7, 11) is 0. The summed E-state index contributed by atoms with van der Waals surface area (Å²) in [6, 6.07) is 22.7. The summed E-state index contributed by atoms with van der Waals surface area (Å²) < 4.78 is 0. The van der Waals surface area contributed by atoms with Gasteiger partial charge in [-0.3, -0.25) is 9.59 Å². The number of amides is 2. The van der Waals surface area contributed by atoms with Crippen molar-refractivity contribution in [3.8, 4) is 6.07 Å². The quantitative estimate of drug-likeness (QED) is 0.591. The van der Waals surface area contributed by atoms with Gasteiger partial charge in [-0.15, -0.1) is 0 Å². The standard InChI is InChI=1S/C25H17N3O2/c26-14-20-21-22(23-19-8-4-3-6-16(19)11-12-27(20)23)25(30)28(24(21)29)18-10-9-15-5-1-2-7-17(15)13-18/h1-13,20-23H/t20-,21+,22+,23-/m1/s1. The maximum Gasteiger partial charge on any atom is 0.240 e. The van der Waals surface area contributed by atoms with Crippen LogP contribution in [0.3, 0.4) is 0 Å². The van der Waals surface area contributed by atoms with Crippen LogP contribution >= 0.6 is 0 Å². The molecule has 2 fully saturated rings. The van der Waals surface area contributed by atoms with Crippen LogP contribution in [0.4, 0.5) is 5.69 Å². The minimum Gasteiger partial charge on any atom is -0.353 e. The molecule has 3 aliphatic heterocycles. The van der Waals surface area contributed by atoms with Crippen molar-refractivity contribution in [3.63, 3.8) is 0 Å². The highest BCUT2D eigenvalue weighted by Crippen LogP contribution is 2.52. The van der Waals surface area contributed by atoms with Crippen molar-refractivity contribution in [2.24, 2.45) is 11.8 Å². The Labute approximate surface area is 173 Å². The van der Waals surface area contributed by atoms with E-state index in [2.05, 4.69) is 6.07 Å². The Bertz CT molecular complexity index is 1300. The third-order valence-corrected chi connectivity index (χ3v) is 6.59. The molecule has 2 amide bonds. The molecule has 144 valence electrons. The summed E-state index contributed by atoms with van der Waals surface area (Å²) in [5.74, 6) is -1.75. The third kappa shape index (κ3) is 2.11. The van der Waals surface area contributed by atoms with Gasteiger partial charge in [-0.05, 0) is 40.1 Å². The molecule has 5 nitrogen and oxygen atoms in total. The topological polar surface area (TPSA) is 64.4 Å². The first-order chi connectivity index (χ1) is 14.7. The highest BCUT2D eigenvalue weighted by atomic mass is 16.2. The normalized spacial score (nSPS) is 26.5. The van der Waals surface area contributed by atoms with E-state index in [9.17, 15) is 14.9 Å². The maximum absolute atomic E-state index is 13.6. The van der Waals surface area contributed by atoms with Crippen molar-refractivity contribution in [2.45, 2.75) is 12.1 Å². The van der Waals surface area contributed by atoms with E-state index in [1.165, 1.54) is 4.90 Å². The van der Waals surface area contributed by atoms with E-state index in [0.29, 0.717) is 5.69 Å². The Morgan fingerprint density at radius 1 is 0.833 bits per heavy atom. The van der Waals surface area contributed by atoms with E-state index < -0.39 is 17.9 Å². The third-order valence-electron chi connectivity index (χ3n) is 6.59. The Hall–Kier alpha value is -3.91. The number of nitriles is 1. The number of imide groups is 1. The fourth-order valence-electron chi connectivity index (χ4n) is 5.28. The van der Waals surface area contributed by atoms with E-state index in [0.717, 1.165) is 21.9 Å². The van der Waals surface area contributed by atoms with Crippen LogP contribution in [0.2, 0.25) is 0 Å². The fourth-order valence-corrected chi connectivity index (χ4v) is 5.28. The molecular formula is C25H17N3O2. The minimum absolute atomic E-state index is 0.224. The van der Waals surface area contributed by atoms with Crippen molar-refractivity contribution in [1.29, 1.82) is 5.26 Å². The lowest BCUT2D eigenvalue weighted by atomic mass is 9.85. The van der Waals surface area contributed by atoms with E-state index in [4.69, 9.17) is 0 Å². The smallest absolute Gasteiger partial charge is 0.240 e. The number of fused-ring (bicyclic) bond motifs is 6. The van der Waals surface area contributed by atoms with Crippen LogP contribution in [0, 0.1) is 23.2 Å². The average Bonchev–Trinajstić information content (AvgIpc) is 3.25. The molecule has 0 N–H and O–H groups in total. The molecule has 3 aromatic carbocycles. The van der Waals surface area contributed by atoms with E-state index in [-0.39, 0.29) is 17.9 Å². The van der Waals surface area contributed by atoms with Gasteiger partial charge in [0.1, 0.15) is 6.04 Å². The Morgan fingerprint density at radius 2 is 1.57 bits per heavy atom. The molecule has 0 unspecified atom stereocenters. The van der Waals surface area contributed by atoms with Crippen molar-refractivity contribution >= 4 is 34.4 Å². The van der Waals surface area contributed by atoms with Gasteiger partial charge in [0.05, 0.1) is 29.6 Å². The van der Waals surface area contributed by atoms with Crippen LogP contribution in [0.1, 0.15) is 17.2 Å². The molecule has 0 aliphatic carbocycles. The van der Waals surface area contributed by atoms with Gasteiger partial charge in [0, 0.05) is 6.20 Å². The number of carbonyl (C=O) groups is 2. The molecule has 3 aromatic rings. The van der Waals surface area contributed by atoms with Crippen molar-refractivity contribution < 1.29 is 9.59 Å². The van der Waals surface area contributed by atoms with Crippen LogP contribution in [0.25, 0.3) is 16.8 Å². The first-order valence-electron chi connectivity index (χ1n) is 10.00. The summed E-state index contributed by atoms with van der Waals surface area (Å²) in [5.41, 5.74) is 2.59. The first kappa shape index (κ1) is 17.0. The Balaban J connectivity index is 1.48. The number of hydrogen-bond donors (Lipinski definition) is 0. The molecule has 3 heterocycles. The van der Waals surface area contributed by atoms with Gasteiger partial charge in [-0.1, -0.05) is 54.6 Å². The van der Waals surface area contributed by atoms with Gasteiger partial charge in [0.2, 0.25) is 11.8 Å². The molecule has 6 rings (SSSR count). The zero-order valence-corrected chi connectivity index (χ0v) is 16.0. The second kappa shape index (κ2) is 6.04. The van der Waals surface area contributed by atoms with Crippen LogP contribution in [-0.2, 0) is 9.59 Å². The molecule has 5 heteroatoms. The van der Waals surface area contributed by atoms with Crippen LogP contribution in [0.5, 0.6) is 0 Å². The first-order valence-corrected chi connectivity index (χ1v) is 10.00. The largest absolute Gasteiger partial charge is 0.353 e. The molecule has 0 saturated carbocycles. The molecular weight excluding hydrogens is 374 g/mol. The lowest BCUT2D eigenvalue weighted by molar-refractivity contribution is -0.123. The number of hydrogen-bond acceptors (Lipinski definition) is 4. The molecule has 4 atom stereocenters. The average molecular weight is 391 g/mol. The zero-order chi connectivity index (χ0) is 20.4. The summed E-state index contributed by atoms with van der Waals surface area (Å²) >= 11 is 0. The lowest BCUT2D eigenvalue weighted by Gasteiger charge is -2.33. The summed E-state index contributed by atoms with van der Waals surface area (Å²) in [6.45, 7) is 0. The van der Waals surface area contributed by atoms with Crippen molar-refractivity contribution in [1.82, 2.24) is 4.90 Å². The second-order valence-corrected chi connectivity index (χ2v) is 8.01. The predicted molar refractivity (Wildman–Crippen MR) is 113 cm³/mol. The number of nitrogens with zero attached hydrogens (tertiary/aromatic N) is 3. The zero-order valence-electron chi connectivity index (χ0n) is 16.0. The number of benzene rings is 3. The Kier molecular flexibility index (Phi) is 3.42. The molecule has 0 spiro atoms. The van der Waals surface area contributed by atoms with Crippen LogP contribution < -0.4 is 4.90 Å². The van der Waals surface area contributed by atoms with Gasteiger partial charge in [0.15, 0.2) is 0 Å². The van der Waals surface area contributed by atoms with E-state index in [1.807, 2.05) is 83.9 Å². The molecule has 0 bridgehead atoms. The van der Waals surface area contributed by atoms with Gasteiger partial charge in [-0.2, -0.15) is 5.26 Å². The number of rotatable bonds is 1. The Morgan fingerprint density at radius 3 is 2.40 bits per heavy atom. The second-order valence-electron chi connectivity index (χ2n) is 8.01. The number of anilines is 1. The van der Waals surface area contributed by atoms with Crippen LogP contribution in [-0.4, -0.2) is 22.8 Å². The van der Waals surface area contributed by atoms with E-state index >= 15 is 0 Å². The predicted octanol–water partition coefficient (Wildman–Crippen LogP) is 3.88. The number of carbonyl (C=O) groups excluding carboxylic acids is 2. The van der Waals surface area contributed by atoms with Gasteiger partial charge < -0.3 is 4.90 Å². The summed E-state index contributed by atoms with van der Waals surface area (Å²) in [5, 5.41) is 11.9.